The lowest BCUT2D eigenvalue weighted by Crippen LogP contribution is -2.06. The summed E-state index contributed by atoms with van der Waals surface area (Å²) in [6.45, 7) is 1.83. The van der Waals surface area contributed by atoms with Gasteiger partial charge in [-0.15, -0.1) is 0 Å². The molecule has 0 amide bonds. The number of benzene rings is 1. The van der Waals surface area contributed by atoms with E-state index < -0.39 is 0 Å². The van der Waals surface area contributed by atoms with E-state index in [0.717, 1.165) is 11.1 Å². The first kappa shape index (κ1) is 15.3. The van der Waals surface area contributed by atoms with Gasteiger partial charge >= 0.3 is 0 Å². The Morgan fingerprint density at radius 2 is 1.71 bits per heavy atom. The van der Waals surface area contributed by atoms with Crippen molar-refractivity contribution < 1.29 is 4.79 Å². The van der Waals surface area contributed by atoms with Crippen LogP contribution >= 0.6 is 0 Å². The molecule has 0 spiro atoms. The summed E-state index contributed by atoms with van der Waals surface area (Å²) in [5.41, 5.74) is 3.40. The number of rotatable bonds is 3. The second-order valence-electron chi connectivity index (χ2n) is 5.32. The first-order valence-corrected chi connectivity index (χ1v) is 7.38. The molecule has 0 aliphatic carbocycles. The minimum Gasteiger partial charge on any atom is -0.313 e. The van der Waals surface area contributed by atoms with Gasteiger partial charge in [-0.1, -0.05) is 36.4 Å². The second kappa shape index (κ2) is 6.24. The second-order valence-corrected chi connectivity index (χ2v) is 5.32. The van der Waals surface area contributed by atoms with E-state index in [1.54, 1.807) is 12.1 Å². The van der Waals surface area contributed by atoms with Gasteiger partial charge in [0.15, 0.2) is 0 Å². The summed E-state index contributed by atoms with van der Waals surface area (Å²) in [5.74, 6) is -0.0931. The molecule has 0 saturated heterocycles. The summed E-state index contributed by atoms with van der Waals surface area (Å²) < 4.78 is 1.81. The minimum atomic E-state index is -0.0931. The van der Waals surface area contributed by atoms with Crippen LogP contribution in [0.3, 0.4) is 0 Å². The fourth-order valence-electron chi connectivity index (χ4n) is 2.78. The Hall–Kier alpha value is -3.63. The zero-order chi connectivity index (χ0) is 17.1. The molecule has 4 heteroatoms. The SMILES string of the molecule is Cc1c(C=C(C#N)C#N)c2ccccn2c1C(=O)c1ccccc1. The van der Waals surface area contributed by atoms with Crippen molar-refractivity contribution in [3.8, 4) is 12.1 Å². The van der Waals surface area contributed by atoms with Crippen molar-refractivity contribution in [2.45, 2.75) is 6.92 Å². The van der Waals surface area contributed by atoms with E-state index in [1.165, 1.54) is 6.08 Å². The number of carbonyl (C=O) groups is 1. The van der Waals surface area contributed by atoms with Crippen molar-refractivity contribution in [2.24, 2.45) is 0 Å². The Kier molecular flexibility index (Phi) is 3.97. The number of hydrogen-bond donors (Lipinski definition) is 0. The summed E-state index contributed by atoms with van der Waals surface area (Å²) in [5, 5.41) is 18.1. The van der Waals surface area contributed by atoms with Crippen molar-refractivity contribution in [3.05, 3.63) is 82.7 Å². The van der Waals surface area contributed by atoms with E-state index in [4.69, 9.17) is 10.5 Å². The van der Waals surface area contributed by atoms with Crippen LogP contribution in [0, 0.1) is 29.6 Å². The average Bonchev–Trinajstić information content (AvgIpc) is 2.91. The van der Waals surface area contributed by atoms with Gasteiger partial charge in [0, 0.05) is 17.3 Å². The number of hydrogen-bond acceptors (Lipinski definition) is 3. The molecular weight excluding hydrogens is 298 g/mol. The van der Waals surface area contributed by atoms with Gasteiger partial charge in [-0.05, 0) is 30.7 Å². The number of nitrogens with zero attached hydrogens (tertiary/aromatic N) is 3. The lowest BCUT2D eigenvalue weighted by Gasteiger charge is -2.03. The van der Waals surface area contributed by atoms with Gasteiger partial charge in [-0.3, -0.25) is 4.79 Å². The molecule has 114 valence electrons. The quantitative estimate of drug-likeness (QED) is 0.544. The first-order chi connectivity index (χ1) is 11.7. The van der Waals surface area contributed by atoms with Crippen LogP contribution in [-0.2, 0) is 0 Å². The average molecular weight is 311 g/mol. The van der Waals surface area contributed by atoms with E-state index in [1.807, 2.05) is 66.1 Å². The van der Waals surface area contributed by atoms with Gasteiger partial charge in [0.25, 0.3) is 0 Å². The summed E-state index contributed by atoms with van der Waals surface area (Å²) in [7, 11) is 0. The van der Waals surface area contributed by atoms with Crippen LogP contribution in [0.2, 0.25) is 0 Å². The highest BCUT2D eigenvalue weighted by Crippen LogP contribution is 2.27. The molecule has 0 unspecified atom stereocenters. The Balaban J connectivity index is 2.30. The molecule has 24 heavy (non-hydrogen) atoms. The maximum Gasteiger partial charge on any atom is 0.210 e. The summed E-state index contributed by atoms with van der Waals surface area (Å²) in [6, 6.07) is 18.4. The Bertz CT molecular complexity index is 1030. The standard InChI is InChI=1S/C20H13N3O/c1-14-17(11-15(12-21)13-22)18-9-5-6-10-23(18)19(14)20(24)16-7-3-2-4-8-16/h2-11H,1H3. The van der Waals surface area contributed by atoms with Crippen LogP contribution in [-0.4, -0.2) is 10.2 Å². The van der Waals surface area contributed by atoms with Crippen LogP contribution in [0.1, 0.15) is 27.2 Å². The molecule has 1 aromatic carbocycles. The molecule has 0 aliphatic heterocycles. The van der Waals surface area contributed by atoms with Gasteiger partial charge < -0.3 is 4.40 Å². The van der Waals surface area contributed by atoms with Crippen molar-refractivity contribution in [1.82, 2.24) is 4.40 Å². The highest BCUT2D eigenvalue weighted by atomic mass is 16.1. The van der Waals surface area contributed by atoms with Crippen LogP contribution in [0.5, 0.6) is 0 Å². The van der Waals surface area contributed by atoms with Crippen molar-refractivity contribution in [1.29, 1.82) is 10.5 Å². The van der Waals surface area contributed by atoms with Gasteiger partial charge in [0.2, 0.25) is 5.78 Å². The normalized spacial score (nSPS) is 9.96. The lowest BCUT2D eigenvalue weighted by atomic mass is 10.0. The summed E-state index contributed by atoms with van der Waals surface area (Å²) in [6.07, 6.45) is 3.35. The molecular formula is C20H13N3O. The van der Waals surface area contributed by atoms with Crippen molar-refractivity contribution >= 4 is 17.4 Å². The minimum absolute atomic E-state index is 0.00756. The number of carbonyl (C=O) groups excluding carboxylic acids is 1. The molecule has 0 saturated carbocycles. The van der Waals surface area contributed by atoms with Crippen LogP contribution in [0.15, 0.2) is 60.3 Å². The van der Waals surface area contributed by atoms with E-state index in [-0.39, 0.29) is 11.4 Å². The zero-order valence-corrected chi connectivity index (χ0v) is 13.0. The smallest absolute Gasteiger partial charge is 0.210 e. The first-order valence-electron chi connectivity index (χ1n) is 7.38. The van der Waals surface area contributed by atoms with Crippen LogP contribution < -0.4 is 0 Å². The Morgan fingerprint density at radius 3 is 2.38 bits per heavy atom. The van der Waals surface area contributed by atoms with Crippen LogP contribution in [0.25, 0.3) is 11.6 Å². The molecule has 0 atom stereocenters. The number of aromatic nitrogens is 1. The summed E-state index contributed by atoms with van der Waals surface area (Å²) in [4.78, 5) is 12.9. The third-order valence-corrected chi connectivity index (χ3v) is 3.92. The van der Waals surface area contributed by atoms with E-state index in [0.29, 0.717) is 16.8 Å². The fraction of sp³-hybridized carbons (Fsp3) is 0.0500. The molecule has 3 rings (SSSR count). The van der Waals surface area contributed by atoms with Crippen molar-refractivity contribution in [3.63, 3.8) is 0 Å². The molecule has 0 bridgehead atoms. The highest BCUT2D eigenvalue weighted by molar-refractivity contribution is 6.10. The third kappa shape index (κ3) is 2.47. The van der Waals surface area contributed by atoms with Gasteiger partial charge in [0.1, 0.15) is 17.7 Å². The number of allylic oxidation sites excluding steroid dienone is 1. The molecule has 0 fully saturated rings. The predicted octanol–water partition coefficient (Wildman–Crippen LogP) is 3.91. The predicted molar refractivity (Wildman–Crippen MR) is 91.2 cm³/mol. The summed E-state index contributed by atoms with van der Waals surface area (Å²) >= 11 is 0. The number of fused-ring (bicyclic) bond motifs is 1. The fourth-order valence-corrected chi connectivity index (χ4v) is 2.78. The molecule has 2 aromatic heterocycles. The largest absolute Gasteiger partial charge is 0.313 e. The Morgan fingerprint density at radius 1 is 1.04 bits per heavy atom. The maximum absolute atomic E-state index is 12.9. The van der Waals surface area contributed by atoms with Crippen LogP contribution in [0.4, 0.5) is 0 Å². The van der Waals surface area contributed by atoms with Gasteiger partial charge in [-0.25, -0.2) is 0 Å². The molecule has 2 heterocycles. The molecule has 4 nitrogen and oxygen atoms in total. The van der Waals surface area contributed by atoms with E-state index >= 15 is 0 Å². The van der Waals surface area contributed by atoms with E-state index in [2.05, 4.69) is 0 Å². The number of nitriles is 2. The number of ketones is 1. The molecule has 3 aromatic rings. The third-order valence-electron chi connectivity index (χ3n) is 3.92. The molecule has 0 aliphatic rings. The molecule has 0 N–H and O–H groups in total. The maximum atomic E-state index is 12.9. The Labute approximate surface area is 139 Å². The monoisotopic (exact) mass is 311 g/mol. The van der Waals surface area contributed by atoms with Gasteiger partial charge in [0.05, 0.1) is 11.2 Å². The van der Waals surface area contributed by atoms with Gasteiger partial charge in [-0.2, -0.15) is 10.5 Å². The van der Waals surface area contributed by atoms with E-state index in [9.17, 15) is 4.79 Å². The number of pyridine rings is 1. The topological polar surface area (TPSA) is 69.1 Å². The highest BCUT2D eigenvalue weighted by Gasteiger charge is 2.20. The lowest BCUT2D eigenvalue weighted by molar-refractivity contribution is 0.103. The molecule has 0 radical (unpaired) electrons. The van der Waals surface area contributed by atoms with Crippen molar-refractivity contribution in [2.75, 3.05) is 0 Å². The zero-order valence-electron chi connectivity index (χ0n) is 13.0.